The third-order valence-electron chi connectivity index (χ3n) is 2.13. The summed E-state index contributed by atoms with van der Waals surface area (Å²) in [5, 5.41) is 9.39. The van der Waals surface area contributed by atoms with Crippen LogP contribution in [0.3, 0.4) is 0 Å². The average Bonchev–Trinajstić information content (AvgIpc) is 2.16. The molecule has 0 radical (unpaired) electrons. The number of aliphatic hydroxyl groups is 1. The molecule has 1 aromatic carbocycles. The zero-order valence-electron chi connectivity index (χ0n) is 8.26. The minimum Gasteiger partial charge on any atom is -0.388 e. The van der Waals surface area contributed by atoms with Gasteiger partial charge in [0.1, 0.15) is 5.82 Å². The number of aliphatic hydroxyl groups excluding tert-OH is 1. The van der Waals surface area contributed by atoms with E-state index in [0.717, 1.165) is 12.1 Å². The number of hydrogen-bond donors (Lipinski definition) is 2. The number of halogens is 4. The van der Waals surface area contributed by atoms with Gasteiger partial charge >= 0.3 is 6.18 Å². The smallest absolute Gasteiger partial charge is 0.388 e. The minimum absolute atomic E-state index is 0.0995. The van der Waals surface area contributed by atoms with Crippen LogP contribution in [0.5, 0.6) is 0 Å². The van der Waals surface area contributed by atoms with Crippen molar-refractivity contribution in [2.45, 2.75) is 18.7 Å². The first kappa shape index (κ1) is 12.9. The lowest BCUT2D eigenvalue weighted by Crippen LogP contribution is -2.10. The monoisotopic (exact) mass is 237 g/mol. The lowest BCUT2D eigenvalue weighted by molar-refractivity contribution is -0.137. The van der Waals surface area contributed by atoms with Gasteiger partial charge in [-0.25, -0.2) is 4.39 Å². The summed E-state index contributed by atoms with van der Waals surface area (Å²) < 4.78 is 49.9. The molecule has 0 unspecified atom stereocenters. The van der Waals surface area contributed by atoms with Crippen LogP contribution in [-0.4, -0.2) is 11.7 Å². The molecule has 3 N–H and O–H groups in total. The normalized spacial score (nSPS) is 13.9. The van der Waals surface area contributed by atoms with Gasteiger partial charge in [-0.05, 0) is 25.1 Å². The van der Waals surface area contributed by atoms with Crippen molar-refractivity contribution in [1.82, 2.24) is 0 Å². The second kappa shape index (κ2) is 4.80. The van der Waals surface area contributed by atoms with E-state index >= 15 is 0 Å². The average molecular weight is 237 g/mol. The van der Waals surface area contributed by atoms with Gasteiger partial charge in [-0.2, -0.15) is 13.2 Å². The van der Waals surface area contributed by atoms with E-state index in [-0.39, 0.29) is 18.5 Å². The van der Waals surface area contributed by atoms with E-state index in [1.165, 1.54) is 0 Å². The molecule has 0 amide bonds. The lowest BCUT2D eigenvalue weighted by atomic mass is 10.0. The van der Waals surface area contributed by atoms with Crippen LogP contribution < -0.4 is 5.73 Å². The van der Waals surface area contributed by atoms with Crippen molar-refractivity contribution in [1.29, 1.82) is 0 Å². The van der Waals surface area contributed by atoms with Crippen LogP contribution in [0.15, 0.2) is 18.2 Å². The number of hydrogen-bond acceptors (Lipinski definition) is 2. The van der Waals surface area contributed by atoms with Gasteiger partial charge in [0.05, 0.1) is 11.7 Å². The molecular weight excluding hydrogens is 226 g/mol. The van der Waals surface area contributed by atoms with Crippen LogP contribution in [0.4, 0.5) is 17.6 Å². The van der Waals surface area contributed by atoms with Crippen molar-refractivity contribution >= 4 is 0 Å². The molecule has 0 fully saturated rings. The summed E-state index contributed by atoms with van der Waals surface area (Å²) in [6.45, 7) is 0.127. The molecule has 1 aromatic rings. The van der Waals surface area contributed by atoms with Gasteiger partial charge in [0.2, 0.25) is 0 Å². The zero-order chi connectivity index (χ0) is 12.3. The van der Waals surface area contributed by atoms with Gasteiger partial charge in [0.15, 0.2) is 0 Å². The molecule has 0 heterocycles. The van der Waals surface area contributed by atoms with Crippen molar-refractivity contribution in [2.75, 3.05) is 6.54 Å². The Kier molecular flexibility index (Phi) is 3.88. The Balaban J connectivity index is 3.00. The number of rotatable bonds is 3. The summed E-state index contributed by atoms with van der Waals surface area (Å²) in [5.41, 5.74) is 3.91. The molecule has 1 rings (SSSR count). The Morgan fingerprint density at radius 1 is 1.31 bits per heavy atom. The summed E-state index contributed by atoms with van der Waals surface area (Å²) in [4.78, 5) is 0. The van der Waals surface area contributed by atoms with Crippen molar-refractivity contribution in [2.24, 2.45) is 5.73 Å². The highest BCUT2D eigenvalue weighted by Crippen LogP contribution is 2.31. The highest BCUT2D eigenvalue weighted by atomic mass is 19.4. The molecule has 0 bridgehead atoms. The number of alkyl halides is 3. The zero-order valence-corrected chi connectivity index (χ0v) is 8.26. The van der Waals surface area contributed by atoms with E-state index < -0.39 is 23.7 Å². The predicted octanol–water partition coefficient (Wildman–Crippen LogP) is 2.23. The Labute approximate surface area is 89.7 Å². The second-order valence-electron chi connectivity index (χ2n) is 3.33. The molecule has 0 saturated heterocycles. The highest BCUT2D eigenvalue weighted by molar-refractivity contribution is 5.27. The van der Waals surface area contributed by atoms with Crippen LogP contribution in [0.25, 0.3) is 0 Å². The quantitative estimate of drug-likeness (QED) is 0.792. The third-order valence-corrected chi connectivity index (χ3v) is 2.13. The van der Waals surface area contributed by atoms with Gasteiger partial charge < -0.3 is 10.8 Å². The number of benzene rings is 1. The molecule has 0 spiro atoms. The van der Waals surface area contributed by atoms with Gasteiger partial charge in [-0.15, -0.1) is 0 Å². The first-order chi connectivity index (χ1) is 7.36. The molecule has 90 valence electrons. The van der Waals surface area contributed by atoms with E-state index in [1.807, 2.05) is 0 Å². The fraction of sp³-hybridized carbons (Fsp3) is 0.400. The summed E-state index contributed by atoms with van der Waals surface area (Å²) in [5.74, 6) is -1.07. The standard InChI is InChI=1S/C10H11F4NO/c11-8-5-6(10(12,13)14)1-2-7(8)9(16)3-4-15/h1-2,5,9,16H,3-4,15H2/t9-/m1/s1. The highest BCUT2D eigenvalue weighted by Gasteiger charge is 2.31. The number of nitrogens with two attached hydrogens (primary N) is 1. The van der Waals surface area contributed by atoms with E-state index in [4.69, 9.17) is 5.73 Å². The molecule has 16 heavy (non-hydrogen) atoms. The van der Waals surface area contributed by atoms with Gasteiger partial charge in [0.25, 0.3) is 0 Å². The largest absolute Gasteiger partial charge is 0.416 e. The van der Waals surface area contributed by atoms with E-state index in [0.29, 0.717) is 6.07 Å². The van der Waals surface area contributed by atoms with Crippen molar-refractivity contribution in [3.8, 4) is 0 Å². The maximum atomic E-state index is 13.3. The van der Waals surface area contributed by atoms with Gasteiger partial charge in [0, 0.05) is 5.56 Å². The molecule has 0 aromatic heterocycles. The van der Waals surface area contributed by atoms with Gasteiger partial charge in [-0.1, -0.05) is 6.07 Å². The second-order valence-corrected chi connectivity index (χ2v) is 3.33. The fourth-order valence-electron chi connectivity index (χ4n) is 1.29. The van der Waals surface area contributed by atoms with Crippen LogP contribution in [0.1, 0.15) is 23.7 Å². The maximum Gasteiger partial charge on any atom is 0.416 e. The van der Waals surface area contributed by atoms with Crippen molar-refractivity contribution < 1.29 is 22.7 Å². The molecule has 0 aliphatic rings. The van der Waals surface area contributed by atoms with Crippen LogP contribution >= 0.6 is 0 Å². The summed E-state index contributed by atoms with van der Waals surface area (Å²) >= 11 is 0. The molecule has 0 aliphatic carbocycles. The Morgan fingerprint density at radius 3 is 2.38 bits per heavy atom. The van der Waals surface area contributed by atoms with Crippen LogP contribution in [0.2, 0.25) is 0 Å². The molecule has 0 saturated carbocycles. The van der Waals surface area contributed by atoms with E-state index in [2.05, 4.69) is 0 Å². The third kappa shape index (κ3) is 2.93. The first-order valence-corrected chi connectivity index (χ1v) is 4.61. The predicted molar refractivity (Wildman–Crippen MR) is 50.0 cm³/mol. The minimum atomic E-state index is -4.59. The summed E-state index contributed by atoms with van der Waals surface area (Å²) in [7, 11) is 0. The van der Waals surface area contributed by atoms with Crippen molar-refractivity contribution in [3.05, 3.63) is 35.1 Å². The molecule has 2 nitrogen and oxygen atoms in total. The summed E-state index contributed by atoms with van der Waals surface area (Å²) in [6, 6.07) is 2.03. The Hall–Kier alpha value is -1.14. The molecule has 6 heteroatoms. The Morgan fingerprint density at radius 2 is 1.94 bits per heavy atom. The van der Waals surface area contributed by atoms with E-state index in [9.17, 15) is 22.7 Å². The van der Waals surface area contributed by atoms with Crippen molar-refractivity contribution in [3.63, 3.8) is 0 Å². The first-order valence-electron chi connectivity index (χ1n) is 4.61. The SMILES string of the molecule is NCC[C@@H](O)c1ccc(C(F)(F)F)cc1F. The van der Waals surface area contributed by atoms with Crippen LogP contribution in [-0.2, 0) is 6.18 Å². The molecular formula is C10H11F4NO. The van der Waals surface area contributed by atoms with Gasteiger partial charge in [-0.3, -0.25) is 0 Å². The maximum absolute atomic E-state index is 13.3. The fourth-order valence-corrected chi connectivity index (χ4v) is 1.29. The van der Waals surface area contributed by atoms with Crippen LogP contribution in [0, 0.1) is 5.82 Å². The Bertz CT molecular complexity index is 364. The lowest BCUT2D eigenvalue weighted by Gasteiger charge is -2.13. The summed E-state index contributed by atoms with van der Waals surface area (Å²) in [6.07, 6.45) is -5.66. The van der Waals surface area contributed by atoms with E-state index in [1.54, 1.807) is 0 Å². The molecule has 1 atom stereocenters. The molecule has 0 aliphatic heterocycles. The topological polar surface area (TPSA) is 46.2 Å².